The Balaban J connectivity index is 0.000000555. The van der Waals surface area contributed by atoms with E-state index in [2.05, 4.69) is 4.99 Å². The number of hydrogen-bond acceptors (Lipinski definition) is 5. The molecule has 1 aromatic carbocycles. The van der Waals surface area contributed by atoms with Gasteiger partial charge in [-0.3, -0.25) is 4.55 Å². The van der Waals surface area contributed by atoms with E-state index in [-0.39, 0.29) is 10.9 Å². The molecule has 0 saturated heterocycles. The first-order chi connectivity index (χ1) is 8.39. The SMILES string of the molecule is CS(=O)(=O)O.NC(N)=Nc1cccc(S(N)(=O)=O)c1. The molecule has 0 amide bonds. The molecule has 0 spiro atoms. The molecule has 0 aromatic heterocycles. The van der Waals surface area contributed by atoms with Crippen LogP contribution in [0.3, 0.4) is 0 Å². The van der Waals surface area contributed by atoms with Crippen molar-refractivity contribution >= 4 is 31.8 Å². The molecule has 0 saturated carbocycles. The lowest BCUT2D eigenvalue weighted by molar-refractivity contribution is 0.490. The van der Waals surface area contributed by atoms with Gasteiger partial charge in [0.1, 0.15) is 0 Å². The molecule has 0 heterocycles. The summed E-state index contributed by atoms with van der Waals surface area (Å²) < 4.78 is 47.7. The van der Waals surface area contributed by atoms with Gasteiger partial charge in [-0.1, -0.05) is 6.07 Å². The first kappa shape index (κ1) is 17.3. The van der Waals surface area contributed by atoms with Crippen LogP contribution in [0.2, 0.25) is 0 Å². The largest absolute Gasteiger partial charge is 0.370 e. The normalized spacial score (nSPS) is 11.1. The van der Waals surface area contributed by atoms with Gasteiger partial charge < -0.3 is 11.5 Å². The van der Waals surface area contributed by atoms with Crippen molar-refractivity contribution in [2.75, 3.05) is 6.26 Å². The third-order valence-corrected chi connectivity index (χ3v) is 2.32. The van der Waals surface area contributed by atoms with Crippen LogP contribution >= 0.6 is 0 Å². The van der Waals surface area contributed by atoms with E-state index in [1.165, 1.54) is 18.2 Å². The average Bonchev–Trinajstić information content (AvgIpc) is 2.12. The van der Waals surface area contributed by atoms with E-state index < -0.39 is 20.1 Å². The zero-order valence-electron chi connectivity index (χ0n) is 9.89. The molecule has 0 aliphatic carbocycles. The van der Waals surface area contributed by atoms with Crippen molar-refractivity contribution in [1.82, 2.24) is 0 Å². The molecule has 19 heavy (non-hydrogen) atoms. The van der Waals surface area contributed by atoms with E-state index in [1.54, 1.807) is 6.07 Å². The van der Waals surface area contributed by atoms with E-state index in [1.807, 2.05) is 0 Å². The summed E-state index contributed by atoms with van der Waals surface area (Å²) in [6.07, 6.45) is 0.715. The Morgan fingerprint density at radius 2 is 1.68 bits per heavy atom. The van der Waals surface area contributed by atoms with Gasteiger partial charge in [0.25, 0.3) is 10.1 Å². The Hall–Kier alpha value is -1.69. The van der Waals surface area contributed by atoms with E-state index in [0.717, 1.165) is 0 Å². The maximum atomic E-state index is 10.9. The minimum atomic E-state index is -3.71. The predicted molar refractivity (Wildman–Crippen MR) is 70.8 cm³/mol. The average molecular weight is 310 g/mol. The third-order valence-electron chi connectivity index (χ3n) is 1.40. The first-order valence-corrected chi connectivity index (χ1v) is 7.94. The molecule has 1 rings (SSSR count). The van der Waals surface area contributed by atoms with Crippen LogP contribution in [0.4, 0.5) is 5.69 Å². The molecule has 0 radical (unpaired) electrons. The summed E-state index contributed by atoms with van der Waals surface area (Å²) in [4.78, 5) is 3.66. The number of rotatable bonds is 2. The van der Waals surface area contributed by atoms with E-state index in [9.17, 15) is 16.8 Å². The smallest absolute Gasteiger partial charge is 0.261 e. The molecule has 7 N–H and O–H groups in total. The second-order valence-electron chi connectivity index (χ2n) is 3.31. The summed E-state index contributed by atoms with van der Waals surface area (Å²) in [5.41, 5.74) is 10.6. The monoisotopic (exact) mass is 310 g/mol. The van der Waals surface area contributed by atoms with Crippen molar-refractivity contribution in [3.05, 3.63) is 24.3 Å². The van der Waals surface area contributed by atoms with E-state index in [4.69, 9.17) is 21.2 Å². The molecule has 0 fully saturated rings. The highest BCUT2D eigenvalue weighted by Gasteiger charge is 2.07. The van der Waals surface area contributed by atoms with Gasteiger partial charge in [-0.25, -0.2) is 18.5 Å². The topological polar surface area (TPSA) is 179 Å². The molecule has 108 valence electrons. The Labute approximate surface area is 110 Å². The Bertz CT molecular complexity index is 654. The lowest BCUT2D eigenvalue weighted by Gasteiger charge is -1.99. The minimum absolute atomic E-state index is 0.0278. The Morgan fingerprint density at radius 3 is 2.05 bits per heavy atom. The number of hydrogen-bond donors (Lipinski definition) is 4. The van der Waals surface area contributed by atoms with E-state index >= 15 is 0 Å². The van der Waals surface area contributed by atoms with Crippen molar-refractivity contribution in [3.63, 3.8) is 0 Å². The lowest BCUT2D eigenvalue weighted by atomic mass is 10.3. The molecule has 9 nitrogen and oxygen atoms in total. The number of guanidine groups is 1. The van der Waals surface area contributed by atoms with E-state index in [0.29, 0.717) is 11.9 Å². The van der Waals surface area contributed by atoms with Crippen LogP contribution in [0.15, 0.2) is 34.2 Å². The van der Waals surface area contributed by atoms with Gasteiger partial charge in [0.05, 0.1) is 16.8 Å². The summed E-state index contributed by atoms with van der Waals surface area (Å²) in [7, 11) is -7.38. The second-order valence-corrected chi connectivity index (χ2v) is 6.34. The van der Waals surface area contributed by atoms with Gasteiger partial charge in [-0.05, 0) is 18.2 Å². The molecular weight excluding hydrogens is 296 g/mol. The van der Waals surface area contributed by atoms with Crippen LogP contribution < -0.4 is 16.6 Å². The summed E-state index contributed by atoms with van der Waals surface area (Å²) in [6.45, 7) is 0. The highest BCUT2D eigenvalue weighted by molar-refractivity contribution is 7.89. The fraction of sp³-hybridized carbons (Fsp3) is 0.125. The number of nitrogens with zero attached hydrogens (tertiary/aromatic N) is 1. The highest BCUT2D eigenvalue weighted by atomic mass is 32.2. The first-order valence-electron chi connectivity index (χ1n) is 4.54. The van der Waals surface area contributed by atoms with Gasteiger partial charge in [-0.15, -0.1) is 0 Å². The van der Waals surface area contributed by atoms with Crippen molar-refractivity contribution in [3.8, 4) is 0 Å². The standard InChI is InChI=1S/C7H10N4O2S.CH4O3S/c8-7(9)11-5-2-1-3-6(4-5)14(10,12)13;1-5(2,3)4/h1-4H,(H4,8,9,11)(H2,10,12,13);1H3,(H,2,3,4). The maximum Gasteiger partial charge on any atom is 0.261 e. The molecule has 0 atom stereocenters. The zero-order valence-corrected chi connectivity index (χ0v) is 11.5. The second kappa shape index (κ2) is 6.47. The summed E-state index contributed by atoms with van der Waals surface area (Å²) >= 11 is 0. The molecule has 0 bridgehead atoms. The molecule has 1 aromatic rings. The van der Waals surface area contributed by atoms with Gasteiger partial charge >= 0.3 is 0 Å². The number of nitrogens with two attached hydrogens (primary N) is 3. The van der Waals surface area contributed by atoms with Crippen molar-refractivity contribution in [1.29, 1.82) is 0 Å². The van der Waals surface area contributed by atoms with Crippen LogP contribution in [0, 0.1) is 0 Å². The third kappa shape index (κ3) is 9.96. The van der Waals surface area contributed by atoms with Crippen molar-refractivity contribution in [2.24, 2.45) is 21.6 Å². The molecule has 11 heteroatoms. The quantitative estimate of drug-likeness (QED) is 0.299. The summed E-state index contributed by atoms with van der Waals surface area (Å²) in [5.74, 6) is -0.142. The molecule has 0 unspecified atom stereocenters. The van der Waals surface area contributed by atoms with Crippen molar-refractivity contribution < 1.29 is 21.4 Å². The van der Waals surface area contributed by atoms with Crippen LogP contribution in [-0.2, 0) is 20.1 Å². The van der Waals surface area contributed by atoms with Crippen LogP contribution in [0.1, 0.15) is 0 Å². The molecule has 0 aliphatic rings. The van der Waals surface area contributed by atoms with Gasteiger partial charge in [0.2, 0.25) is 10.0 Å². The number of primary sulfonamides is 1. The van der Waals surface area contributed by atoms with Gasteiger partial charge in [0.15, 0.2) is 5.96 Å². The fourth-order valence-corrected chi connectivity index (χ4v) is 1.43. The Morgan fingerprint density at radius 1 is 1.21 bits per heavy atom. The summed E-state index contributed by atoms with van der Waals surface area (Å²) in [6, 6.07) is 5.71. The van der Waals surface area contributed by atoms with Crippen LogP contribution in [0.25, 0.3) is 0 Å². The maximum absolute atomic E-state index is 10.9. The highest BCUT2D eigenvalue weighted by Crippen LogP contribution is 2.16. The fourth-order valence-electron chi connectivity index (χ4n) is 0.879. The number of aliphatic imine (C=N–C) groups is 1. The Kier molecular flexibility index (Phi) is 5.89. The summed E-state index contributed by atoms with van der Waals surface area (Å²) in [5, 5.41) is 4.92. The van der Waals surface area contributed by atoms with Crippen LogP contribution in [0.5, 0.6) is 0 Å². The lowest BCUT2D eigenvalue weighted by Crippen LogP contribution is -2.22. The molecular formula is C8H14N4O5S2. The van der Waals surface area contributed by atoms with Gasteiger partial charge in [-0.2, -0.15) is 8.42 Å². The zero-order chi connectivity index (χ0) is 15.3. The molecule has 0 aliphatic heterocycles. The van der Waals surface area contributed by atoms with Crippen LogP contribution in [-0.4, -0.2) is 33.6 Å². The number of sulfonamides is 1. The van der Waals surface area contributed by atoms with Crippen molar-refractivity contribution in [2.45, 2.75) is 4.90 Å². The predicted octanol–water partition coefficient (Wildman–Crippen LogP) is -1.26. The number of benzene rings is 1. The van der Waals surface area contributed by atoms with Gasteiger partial charge in [0, 0.05) is 0 Å². The minimum Gasteiger partial charge on any atom is -0.370 e.